The van der Waals surface area contributed by atoms with E-state index in [0.29, 0.717) is 19.5 Å². The van der Waals surface area contributed by atoms with Gasteiger partial charge in [0.25, 0.3) is 0 Å². The molecule has 1 aromatic heterocycles. The van der Waals surface area contributed by atoms with Crippen molar-refractivity contribution in [2.45, 2.75) is 31.3 Å². The van der Waals surface area contributed by atoms with Gasteiger partial charge in [0.2, 0.25) is 5.91 Å². The molecule has 136 valence electrons. The van der Waals surface area contributed by atoms with Crippen LogP contribution in [0, 0.1) is 0 Å². The normalized spacial score (nSPS) is 23.0. The summed E-state index contributed by atoms with van der Waals surface area (Å²) in [6.45, 7) is 1.54. The topological polar surface area (TPSA) is 60.9 Å². The van der Waals surface area contributed by atoms with E-state index < -0.39 is 12.0 Å². The zero-order valence-corrected chi connectivity index (χ0v) is 15.3. The van der Waals surface area contributed by atoms with Gasteiger partial charge >= 0.3 is 5.97 Å². The van der Waals surface area contributed by atoms with Crippen molar-refractivity contribution in [3.63, 3.8) is 0 Å². The lowest BCUT2D eigenvalue weighted by Gasteiger charge is -2.37. The minimum Gasteiger partial charge on any atom is -0.480 e. The van der Waals surface area contributed by atoms with Gasteiger partial charge in [0, 0.05) is 11.4 Å². The van der Waals surface area contributed by atoms with Crippen LogP contribution in [0.15, 0.2) is 41.8 Å². The van der Waals surface area contributed by atoms with E-state index in [1.165, 1.54) is 10.4 Å². The first-order valence-electron chi connectivity index (χ1n) is 9.02. The first kappa shape index (κ1) is 17.2. The summed E-state index contributed by atoms with van der Waals surface area (Å²) in [5.41, 5.74) is 2.31. The highest BCUT2D eigenvalue weighted by molar-refractivity contribution is 7.10. The maximum atomic E-state index is 13.1. The number of hydrogen-bond donors (Lipinski definition) is 1. The number of amides is 1. The molecule has 26 heavy (non-hydrogen) atoms. The molecule has 0 aliphatic carbocycles. The Balaban J connectivity index is 1.60. The summed E-state index contributed by atoms with van der Waals surface area (Å²) >= 11 is 1.75. The number of hydrogen-bond acceptors (Lipinski definition) is 4. The second-order valence-corrected chi connectivity index (χ2v) is 7.92. The van der Waals surface area contributed by atoms with Gasteiger partial charge < -0.3 is 10.0 Å². The lowest BCUT2D eigenvalue weighted by atomic mass is 9.93. The van der Waals surface area contributed by atoms with Crippen LogP contribution in [-0.4, -0.2) is 52.5 Å². The monoisotopic (exact) mass is 370 g/mol. The first-order chi connectivity index (χ1) is 12.6. The summed E-state index contributed by atoms with van der Waals surface area (Å²) < 4.78 is 0. The zero-order valence-electron chi connectivity index (χ0n) is 14.5. The average Bonchev–Trinajstić information content (AvgIpc) is 3.30. The van der Waals surface area contributed by atoms with Crippen molar-refractivity contribution in [1.82, 2.24) is 9.80 Å². The van der Waals surface area contributed by atoms with E-state index in [1.54, 1.807) is 11.3 Å². The molecule has 2 unspecified atom stereocenters. The van der Waals surface area contributed by atoms with E-state index in [0.717, 1.165) is 18.4 Å². The molecule has 5 nitrogen and oxygen atoms in total. The summed E-state index contributed by atoms with van der Waals surface area (Å²) in [6, 6.07) is 11.6. The number of carboxylic acids is 1. The van der Waals surface area contributed by atoms with Gasteiger partial charge in [0.15, 0.2) is 0 Å². The number of aliphatic carboxylic acids is 1. The Morgan fingerprint density at radius 1 is 1.15 bits per heavy atom. The largest absolute Gasteiger partial charge is 0.480 e. The molecule has 2 aromatic rings. The molecule has 6 heteroatoms. The van der Waals surface area contributed by atoms with Crippen LogP contribution in [0.3, 0.4) is 0 Å². The molecule has 1 fully saturated rings. The average molecular weight is 370 g/mol. The quantitative estimate of drug-likeness (QED) is 0.899. The fourth-order valence-corrected chi connectivity index (χ4v) is 5.04. The molecule has 1 N–H and O–H groups in total. The fraction of sp³-hybridized carbons (Fsp3) is 0.400. The third-order valence-electron chi connectivity index (χ3n) is 5.39. The molecule has 1 aromatic carbocycles. The van der Waals surface area contributed by atoms with Gasteiger partial charge in [-0.1, -0.05) is 30.3 Å². The minimum atomic E-state index is -0.825. The summed E-state index contributed by atoms with van der Waals surface area (Å²) in [4.78, 5) is 29.6. The van der Waals surface area contributed by atoms with E-state index >= 15 is 0 Å². The van der Waals surface area contributed by atoms with Crippen LogP contribution >= 0.6 is 11.3 Å². The molecule has 0 bridgehead atoms. The summed E-state index contributed by atoms with van der Waals surface area (Å²) in [6.07, 6.45) is 2.32. The van der Waals surface area contributed by atoms with Gasteiger partial charge in [-0.2, -0.15) is 0 Å². The van der Waals surface area contributed by atoms with Crippen molar-refractivity contribution in [3.8, 4) is 0 Å². The molecule has 1 amide bonds. The number of thiophene rings is 1. The van der Waals surface area contributed by atoms with Crippen LogP contribution in [0.1, 0.15) is 34.9 Å². The molecule has 4 rings (SSSR count). The summed E-state index contributed by atoms with van der Waals surface area (Å²) in [7, 11) is 0. The molecule has 2 aliphatic heterocycles. The van der Waals surface area contributed by atoms with Gasteiger partial charge in [0.1, 0.15) is 6.04 Å². The van der Waals surface area contributed by atoms with Crippen LogP contribution in [0.4, 0.5) is 0 Å². The Morgan fingerprint density at radius 2 is 1.96 bits per heavy atom. The van der Waals surface area contributed by atoms with E-state index in [2.05, 4.69) is 23.6 Å². The van der Waals surface area contributed by atoms with Crippen molar-refractivity contribution < 1.29 is 14.7 Å². The Kier molecular flexibility index (Phi) is 4.78. The van der Waals surface area contributed by atoms with Crippen LogP contribution in [-0.2, 0) is 16.0 Å². The van der Waals surface area contributed by atoms with Gasteiger partial charge in [-0.25, -0.2) is 0 Å². The molecule has 0 radical (unpaired) electrons. The predicted molar refractivity (Wildman–Crippen MR) is 100 cm³/mol. The highest BCUT2D eigenvalue weighted by atomic mass is 32.1. The number of carbonyl (C=O) groups excluding carboxylic acids is 1. The summed E-state index contributed by atoms with van der Waals surface area (Å²) in [5.74, 6) is -0.808. The molecular weight excluding hydrogens is 348 g/mol. The molecule has 0 saturated carbocycles. The molecule has 2 atom stereocenters. The number of carbonyl (C=O) groups is 2. The van der Waals surface area contributed by atoms with Crippen LogP contribution < -0.4 is 0 Å². The van der Waals surface area contributed by atoms with E-state index in [1.807, 2.05) is 28.0 Å². The van der Waals surface area contributed by atoms with Crippen molar-refractivity contribution in [1.29, 1.82) is 0 Å². The summed E-state index contributed by atoms with van der Waals surface area (Å²) in [5, 5.41) is 11.5. The smallest absolute Gasteiger partial charge is 0.320 e. The SMILES string of the molecule is O=C(O)C1CCCN1CC(=O)N1CCc2sccc2C1c1ccccc1. The molecular formula is C20H22N2O3S. The standard InChI is InChI=1S/C20H22N2O3S/c23-18(13-21-10-4-7-16(21)20(24)25)22-11-8-17-15(9-12-26-17)19(22)14-5-2-1-3-6-14/h1-3,5-6,9,12,16,19H,4,7-8,10-11,13H2,(H,24,25). The van der Waals surface area contributed by atoms with Crippen molar-refractivity contribution >= 4 is 23.2 Å². The number of benzene rings is 1. The number of rotatable bonds is 4. The third kappa shape index (κ3) is 3.15. The first-order valence-corrected chi connectivity index (χ1v) is 9.90. The Hall–Kier alpha value is -2.18. The lowest BCUT2D eigenvalue weighted by molar-refractivity contribution is -0.143. The Morgan fingerprint density at radius 3 is 2.73 bits per heavy atom. The zero-order chi connectivity index (χ0) is 18.1. The van der Waals surface area contributed by atoms with Gasteiger partial charge in [0.05, 0.1) is 12.6 Å². The van der Waals surface area contributed by atoms with Crippen LogP contribution in [0.25, 0.3) is 0 Å². The second kappa shape index (κ2) is 7.21. The molecule has 2 aliphatic rings. The number of nitrogens with zero attached hydrogens (tertiary/aromatic N) is 2. The molecule has 3 heterocycles. The van der Waals surface area contributed by atoms with Gasteiger partial charge in [-0.15, -0.1) is 11.3 Å². The maximum absolute atomic E-state index is 13.1. The highest BCUT2D eigenvalue weighted by Gasteiger charge is 2.36. The number of carboxylic acid groups (broad SMARTS) is 1. The van der Waals surface area contributed by atoms with Gasteiger partial charge in [-0.3, -0.25) is 14.5 Å². The maximum Gasteiger partial charge on any atom is 0.320 e. The Bertz CT molecular complexity index is 804. The Labute approximate surface area is 156 Å². The number of fused-ring (bicyclic) bond motifs is 1. The molecule has 1 saturated heterocycles. The van der Waals surface area contributed by atoms with Crippen LogP contribution in [0.5, 0.6) is 0 Å². The highest BCUT2D eigenvalue weighted by Crippen LogP contribution is 2.37. The van der Waals surface area contributed by atoms with Gasteiger partial charge in [-0.05, 0) is 48.4 Å². The van der Waals surface area contributed by atoms with E-state index in [9.17, 15) is 14.7 Å². The minimum absolute atomic E-state index is 0.0175. The van der Waals surface area contributed by atoms with Crippen molar-refractivity contribution in [2.24, 2.45) is 0 Å². The van der Waals surface area contributed by atoms with Crippen molar-refractivity contribution in [3.05, 3.63) is 57.8 Å². The van der Waals surface area contributed by atoms with E-state index in [4.69, 9.17) is 0 Å². The number of likely N-dealkylation sites (tertiary alicyclic amines) is 1. The fourth-order valence-electron chi connectivity index (χ4n) is 4.14. The molecule has 0 spiro atoms. The second-order valence-electron chi connectivity index (χ2n) is 6.92. The van der Waals surface area contributed by atoms with Crippen molar-refractivity contribution in [2.75, 3.05) is 19.6 Å². The van der Waals surface area contributed by atoms with E-state index in [-0.39, 0.29) is 18.5 Å². The predicted octanol–water partition coefficient (Wildman–Crippen LogP) is 2.77. The van der Waals surface area contributed by atoms with Crippen LogP contribution in [0.2, 0.25) is 0 Å². The lowest BCUT2D eigenvalue weighted by Crippen LogP contribution is -2.47. The third-order valence-corrected chi connectivity index (χ3v) is 6.39.